The SMILES string of the molecule is c1cc2c3c(c1)-n1c4c(cccc4c4ccc5oc6ccccc6c5c41)B3c1cc3c(cc1S2)Sc1cccc2c1B3c1cccc3c4ccc5oc6ccccc6c5c4n-2c13. The van der Waals surface area contributed by atoms with Gasteiger partial charge in [0.05, 0.1) is 21.8 Å². The van der Waals surface area contributed by atoms with Crippen molar-refractivity contribution in [2.45, 2.75) is 19.6 Å². The zero-order chi connectivity index (χ0) is 39.7. The Bertz CT molecular complexity index is 4050. The van der Waals surface area contributed by atoms with Crippen molar-refractivity contribution in [1.29, 1.82) is 0 Å². The third-order valence-electron chi connectivity index (χ3n) is 14.6. The number of para-hydroxylation sites is 4. The number of fused-ring (bicyclic) bond motifs is 22. The van der Waals surface area contributed by atoms with Crippen LogP contribution >= 0.6 is 23.5 Å². The topological polar surface area (TPSA) is 36.1 Å². The summed E-state index contributed by atoms with van der Waals surface area (Å²) in [6.45, 7) is 0.185. The standard InChI is InChI=1S/C54H26B2N2O2S2/c1-3-17-39-31(9-1)47-41(59-39)23-21-29-27-11-5-13-33-51(27)57(53(29)47)37-15-7-19-43-49(37)55(33)35-25-36-46(26-45(35)61-43)62-44-20-8-16-38-50(44)56(36)34-14-6-12-28-30-22-24-42-48(54(30)58(38)52(28)34)32-10-2-4-18-40(32)60-42/h1-26H. The second-order valence-corrected chi connectivity index (χ2v) is 19.6. The van der Waals surface area contributed by atoms with Gasteiger partial charge in [-0.25, -0.2) is 0 Å². The molecule has 0 N–H and O–H groups in total. The van der Waals surface area contributed by atoms with E-state index in [1.807, 2.05) is 23.5 Å². The average molecular weight is 821 g/mol. The molecule has 0 bridgehead atoms. The molecular formula is C54H26B2N2O2S2. The molecule has 0 amide bonds. The number of hydrogen-bond acceptors (Lipinski definition) is 4. The van der Waals surface area contributed by atoms with Crippen LogP contribution in [0.3, 0.4) is 0 Å². The average Bonchev–Trinajstić information content (AvgIpc) is 4.07. The molecule has 8 heteroatoms. The van der Waals surface area contributed by atoms with Crippen molar-refractivity contribution in [2.24, 2.45) is 0 Å². The fraction of sp³-hybridized carbons (Fsp3) is 0. The minimum atomic E-state index is 0.0926. The van der Waals surface area contributed by atoms with Crippen LogP contribution < -0.4 is 32.8 Å². The molecule has 0 saturated carbocycles. The first-order valence-electron chi connectivity index (χ1n) is 21.3. The Balaban J connectivity index is 0.956. The van der Waals surface area contributed by atoms with E-state index in [0.29, 0.717) is 0 Å². The predicted molar refractivity (Wildman–Crippen MR) is 260 cm³/mol. The first-order valence-corrected chi connectivity index (χ1v) is 22.9. The molecule has 13 aromatic rings. The van der Waals surface area contributed by atoms with Gasteiger partial charge >= 0.3 is 0 Å². The molecule has 0 radical (unpaired) electrons. The summed E-state index contributed by atoms with van der Waals surface area (Å²) in [7, 11) is 0. The van der Waals surface area contributed by atoms with Gasteiger partial charge in [-0.05, 0) is 88.6 Å². The summed E-state index contributed by atoms with van der Waals surface area (Å²) in [5.74, 6) is 0. The van der Waals surface area contributed by atoms with E-state index in [-0.39, 0.29) is 13.4 Å². The van der Waals surface area contributed by atoms with Crippen LogP contribution in [0.1, 0.15) is 0 Å². The highest BCUT2D eigenvalue weighted by atomic mass is 32.2. The molecule has 0 unspecified atom stereocenters. The molecule has 8 heterocycles. The van der Waals surface area contributed by atoms with Gasteiger partial charge in [-0.2, -0.15) is 0 Å². The summed E-state index contributed by atoms with van der Waals surface area (Å²) < 4.78 is 18.1. The molecule has 282 valence electrons. The summed E-state index contributed by atoms with van der Waals surface area (Å²) >= 11 is 3.88. The van der Waals surface area contributed by atoms with Gasteiger partial charge in [-0.15, -0.1) is 0 Å². The minimum Gasteiger partial charge on any atom is -0.456 e. The summed E-state index contributed by atoms with van der Waals surface area (Å²) in [6.07, 6.45) is 0. The van der Waals surface area contributed by atoms with Crippen molar-refractivity contribution in [1.82, 2.24) is 9.13 Å². The Morgan fingerprint density at radius 1 is 0.339 bits per heavy atom. The second kappa shape index (κ2) is 10.7. The first kappa shape index (κ1) is 31.8. The molecule has 0 fully saturated rings. The third kappa shape index (κ3) is 3.55. The number of rotatable bonds is 0. The van der Waals surface area contributed by atoms with E-state index in [4.69, 9.17) is 8.83 Å². The predicted octanol–water partition coefficient (Wildman–Crippen LogP) is 10.3. The van der Waals surface area contributed by atoms with E-state index >= 15 is 0 Å². The van der Waals surface area contributed by atoms with Crippen LogP contribution in [0.4, 0.5) is 0 Å². The highest BCUT2D eigenvalue weighted by Gasteiger charge is 2.44. The van der Waals surface area contributed by atoms with E-state index in [0.717, 1.165) is 33.1 Å². The maximum Gasteiger partial charge on any atom is 0.249 e. The van der Waals surface area contributed by atoms with Crippen molar-refractivity contribution in [3.63, 3.8) is 0 Å². The Kier molecular flexibility index (Phi) is 5.50. The summed E-state index contributed by atoms with van der Waals surface area (Å²) in [6, 6.07) is 58.9. The number of benzene rings is 9. The largest absolute Gasteiger partial charge is 0.456 e. The minimum absolute atomic E-state index is 0.0926. The van der Waals surface area contributed by atoms with Crippen LogP contribution in [-0.2, 0) is 0 Å². The Morgan fingerprint density at radius 3 is 1.31 bits per heavy atom. The van der Waals surface area contributed by atoms with Gasteiger partial charge in [0.2, 0.25) is 13.4 Å². The smallest absolute Gasteiger partial charge is 0.249 e. The maximum absolute atomic E-state index is 6.49. The lowest BCUT2D eigenvalue weighted by molar-refractivity contribution is 0.669. The number of hydrogen-bond donors (Lipinski definition) is 0. The van der Waals surface area contributed by atoms with E-state index in [1.165, 1.54) is 118 Å². The third-order valence-corrected chi connectivity index (χ3v) is 16.9. The van der Waals surface area contributed by atoms with Crippen molar-refractivity contribution in [2.75, 3.05) is 0 Å². The molecule has 4 aliphatic heterocycles. The van der Waals surface area contributed by atoms with Gasteiger partial charge in [-0.1, -0.05) is 125 Å². The number of nitrogens with zero attached hydrogens (tertiary/aromatic N) is 2. The first-order chi connectivity index (χ1) is 30.8. The van der Waals surface area contributed by atoms with E-state index in [9.17, 15) is 0 Å². The Morgan fingerprint density at radius 2 is 0.790 bits per heavy atom. The fourth-order valence-electron chi connectivity index (χ4n) is 12.4. The lowest BCUT2D eigenvalue weighted by atomic mass is 9.32. The highest BCUT2D eigenvalue weighted by molar-refractivity contribution is 8.01. The van der Waals surface area contributed by atoms with Crippen LogP contribution in [0.25, 0.3) is 98.9 Å². The molecule has 9 aromatic carbocycles. The molecule has 17 rings (SSSR count). The van der Waals surface area contributed by atoms with Crippen molar-refractivity contribution >= 4 is 157 Å². The normalized spacial score (nSPS) is 14.3. The van der Waals surface area contributed by atoms with E-state index < -0.39 is 0 Å². The fourth-order valence-corrected chi connectivity index (χ4v) is 14.8. The molecule has 62 heavy (non-hydrogen) atoms. The lowest BCUT2D eigenvalue weighted by Crippen LogP contribution is -2.62. The Labute approximate surface area is 361 Å². The Hall–Kier alpha value is -6.99. The molecular weight excluding hydrogens is 794 g/mol. The maximum atomic E-state index is 6.49. The molecule has 4 nitrogen and oxygen atoms in total. The second-order valence-electron chi connectivity index (χ2n) is 17.4. The molecule has 0 saturated heterocycles. The molecule has 0 aliphatic carbocycles. The van der Waals surface area contributed by atoms with Gasteiger partial charge < -0.3 is 18.0 Å². The van der Waals surface area contributed by atoms with Crippen LogP contribution in [0.15, 0.2) is 186 Å². The van der Waals surface area contributed by atoms with E-state index in [1.54, 1.807) is 0 Å². The number of furan rings is 2. The van der Waals surface area contributed by atoms with Crippen molar-refractivity contribution in [3.8, 4) is 11.4 Å². The summed E-state index contributed by atoms with van der Waals surface area (Å²) in [5, 5.41) is 9.81. The van der Waals surface area contributed by atoms with Crippen molar-refractivity contribution in [3.05, 3.63) is 158 Å². The van der Waals surface area contributed by atoms with Crippen LogP contribution in [-0.4, -0.2) is 22.6 Å². The number of aromatic nitrogens is 2. The van der Waals surface area contributed by atoms with Gasteiger partial charge in [-0.3, -0.25) is 0 Å². The van der Waals surface area contributed by atoms with Crippen LogP contribution in [0.2, 0.25) is 0 Å². The van der Waals surface area contributed by atoms with Crippen LogP contribution in [0.5, 0.6) is 0 Å². The quantitative estimate of drug-likeness (QED) is 0.143. The summed E-state index contributed by atoms with van der Waals surface area (Å²) in [5.41, 5.74) is 19.7. The van der Waals surface area contributed by atoms with Gasteiger partial charge in [0.25, 0.3) is 0 Å². The van der Waals surface area contributed by atoms with Gasteiger partial charge in [0.15, 0.2) is 0 Å². The molecule has 0 atom stereocenters. The lowest BCUT2D eigenvalue weighted by Gasteiger charge is -2.36. The van der Waals surface area contributed by atoms with E-state index in [2.05, 4.69) is 167 Å². The van der Waals surface area contributed by atoms with Gasteiger partial charge in [0.1, 0.15) is 22.3 Å². The van der Waals surface area contributed by atoms with Gasteiger partial charge in [0, 0.05) is 74.3 Å². The summed E-state index contributed by atoms with van der Waals surface area (Å²) in [4.78, 5) is 5.38. The zero-order valence-electron chi connectivity index (χ0n) is 32.7. The zero-order valence-corrected chi connectivity index (χ0v) is 34.3. The van der Waals surface area contributed by atoms with Crippen LogP contribution in [0, 0.1) is 0 Å². The molecule has 4 aromatic heterocycles. The highest BCUT2D eigenvalue weighted by Crippen LogP contribution is 2.46. The monoisotopic (exact) mass is 820 g/mol. The molecule has 4 aliphatic rings. The molecule has 0 spiro atoms. The van der Waals surface area contributed by atoms with Crippen molar-refractivity contribution < 1.29 is 8.83 Å².